The van der Waals surface area contributed by atoms with Gasteiger partial charge in [-0.15, -0.1) is 11.8 Å². The maximum Gasteiger partial charge on any atom is 0.0359 e. The fraction of sp³-hybridized carbons (Fsp3) is 0.667. The predicted molar refractivity (Wildman–Crippen MR) is 90.4 cm³/mol. The van der Waals surface area contributed by atoms with Gasteiger partial charge in [-0.1, -0.05) is 51.3 Å². The van der Waals surface area contributed by atoms with Gasteiger partial charge < -0.3 is 5.32 Å². The van der Waals surface area contributed by atoms with Crippen LogP contribution < -0.4 is 5.32 Å². The number of nitrogens with one attached hydrogen (secondary N) is 1. The largest absolute Gasteiger partial charge is 0.310 e. The summed E-state index contributed by atoms with van der Waals surface area (Å²) in [7, 11) is 0. The second-order valence-electron chi connectivity index (χ2n) is 5.98. The van der Waals surface area contributed by atoms with Crippen LogP contribution in [0.1, 0.15) is 57.6 Å². The molecule has 0 heterocycles. The third kappa shape index (κ3) is 3.79. The Hall–Kier alpha value is -0.470. The van der Waals surface area contributed by atoms with Crippen LogP contribution in [0.4, 0.5) is 0 Å². The first kappa shape index (κ1) is 15.9. The van der Waals surface area contributed by atoms with E-state index in [2.05, 4.69) is 49.7 Å². The van der Waals surface area contributed by atoms with Gasteiger partial charge >= 0.3 is 0 Å². The van der Waals surface area contributed by atoms with Crippen molar-refractivity contribution in [2.24, 2.45) is 11.8 Å². The van der Waals surface area contributed by atoms with Gasteiger partial charge in [0.25, 0.3) is 0 Å². The van der Waals surface area contributed by atoms with Crippen LogP contribution in [0.2, 0.25) is 0 Å². The van der Waals surface area contributed by atoms with Crippen molar-refractivity contribution in [1.29, 1.82) is 0 Å². The molecule has 1 aromatic carbocycles. The highest BCUT2D eigenvalue weighted by molar-refractivity contribution is 7.98. The minimum atomic E-state index is 0.540. The lowest BCUT2D eigenvalue weighted by Gasteiger charge is -2.35. The van der Waals surface area contributed by atoms with Gasteiger partial charge in [0.2, 0.25) is 0 Å². The topological polar surface area (TPSA) is 12.0 Å². The standard InChI is InChI=1S/C18H29NS/c1-4-14-9-8-10-15(13-14)18(19-5-2)16-11-6-7-12-17(16)20-3/h6-7,11-12,14-15,18-19H,4-5,8-10,13H2,1-3H3. The lowest BCUT2D eigenvalue weighted by Crippen LogP contribution is -2.32. The molecule has 1 aliphatic rings. The molecular weight excluding hydrogens is 262 g/mol. The zero-order valence-electron chi connectivity index (χ0n) is 13.2. The quantitative estimate of drug-likeness (QED) is 0.716. The van der Waals surface area contributed by atoms with Crippen LogP contribution in [-0.2, 0) is 0 Å². The number of rotatable bonds is 6. The van der Waals surface area contributed by atoms with E-state index < -0.39 is 0 Å². The summed E-state index contributed by atoms with van der Waals surface area (Å²) >= 11 is 1.88. The molecule has 1 N–H and O–H groups in total. The van der Waals surface area contributed by atoms with E-state index in [4.69, 9.17) is 0 Å². The van der Waals surface area contributed by atoms with Gasteiger partial charge in [0.15, 0.2) is 0 Å². The van der Waals surface area contributed by atoms with Crippen LogP contribution >= 0.6 is 11.8 Å². The first-order valence-corrected chi connectivity index (χ1v) is 9.38. The van der Waals surface area contributed by atoms with Gasteiger partial charge in [-0.25, -0.2) is 0 Å². The fourth-order valence-corrected chi connectivity index (χ4v) is 4.33. The lowest BCUT2D eigenvalue weighted by molar-refractivity contribution is 0.209. The average Bonchev–Trinajstić information content (AvgIpc) is 2.52. The Labute approximate surface area is 128 Å². The van der Waals surface area contributed by atoms with E-state index in [1.54, 1.807) is 0 Å². The van der Waals surface area contributed by atoms with Crippen molar-refractivity contribution < 1.29 is 0 Å². The van der Waals surface area contributed by atoms with Crippen molar-refractivity contribution in [3.05, 3.63) is 29.8 Å². The molecule has 1 aromatic rings. The normalized spacial score (nSPS) is 24.6. The molecular formula is C18H29NS. The van der Waals surface area contributed by atoms with E-state index >= 15 is 0 Å². The molecule has 20 heavy (non-hydrogen) atoms. The molecule has 0 amide bonds. The van der Waals surface area contributed by atoms with Crippen molar-refractivity contribution in [2.45, 2.75) is 56.9 Å². The first-order valence-electron chi connectivity index (χ1n) is 8.16. The monoisotopic (exact) mass is 291 g/mol. The summed E-state index contributed by atoms with van der Waals surface area (Å²) in [5.74, 6) is 1.75. The minimum Gasteiger partial charge on any atom is -0.310 e. The molecule has 1 nitrogen and oxygen atoms in total. The summed E-state index contributed by atoms with van der Waals surface area (Å²) in [6, 6.07) is 9.49. The Morgan fingerprint density at radius 1 is 1.25 bits per heavy atom. The summed E-state index contributed by atoms with van der Waals surface area (Å²) in [5, 5.41) is 3.77. The summed E-state index contributed by atoms with van der Waals surface area (Å²) < 4.78 is 0. The summed E-state index contributed by atoms with van der Waals surface area (Å²) in [6.45, 7) is 5.64. The van der Waals surface area contributed by atoms with Crippen LogP contribution in [0.25, 0.3) is 0 Å². The van der Waals surface area contributed by atoms with Gasteiger partial charge in [0, 0.05) is 10.9 Å². The van der Waals surface area contributed by atoms with Crippen molar-refractivity contribution >= 4 is 11.8 Å². The summed E-state index contributed by atoms with van der Waals surface area (Å²) in [6.07, 6.45) is 9.17. The van der Waals surface area contributed by atoms with Crippen LogP contribution in [0, 0.1) is 11.8 Å². The van der Waals surface area contributed by atoms with E-state index in [-0.39, 0.29) is 0 Å². The van der Waals surface area contributed by atoms with Crippen molar-refractivity contribution in [3.63, 3.8) is 0 Å². The van der Waals surface area contributed by atoms with E-state index in [0.717, 1.165) is 18.4 Å². The fourth-order valence-electron chi connectivity index (χ4n) is 3.68. The molecule has 0 aromatic heterocycles. The molecule has 0 bridgehead atoms. The van der Waals surface area contributed by atoms with E-state index in [0.29, 0.717) is 6.04 Å². The Bertz CT molecular complexity index is 404. The smallest absolute Gasteiger partial charge is 0.0359 e. The molecule has 3 unspecified atom stereocenters. The molecule has 2 heteroatoms. The average molecular weight is 292 g/mol. The van der Waals surface area contributed by atoms with Gasteiger partial charge in [-0.05, 0) is 49.1 Å². The highest BCUT2D eigenvalue weighted by Gasteiger charge is 2.29. The van der Waals surface area contributed by atoms with Crippen LogP contribution in [-0.4, -0.2) is 12.8 Å². The highest BCUT2D eigenvalue weighted by atomic mass is 32.2. The molecule has 0 saturated heterocycles. The maximum atomic E-state index is 3.77. The second-order valence-corrected chi connectivity index (χ2v) is 6.83. The van der Waals surface area contributed by atoms with E-state index in [9.17, 15) is 0 Å². The lowest BCUT2D eigenvalue weighted by atomic mass is 9.75. The van der Waals surface area contributed by atoms with Gasteiger partial charge in [0.1, 0.15) is 0 Å². The minimum absolute atomic E-state index is 0.540. The van der Waals surface area contributed by atoms with Gasteiger partial charge in [-0.2, -0.15) is 0 Å². The molecule has 1 fully saturated rings. The molecule has 0 radical (unpaired) electrons. The van der Waals surface area contributed by atoms with Crippen molar-refractivity contribution in [1.82, 2.24) is 5.32 Å². The molecule has 1 aliphatic carbocycles. The number of benzene rings is 1. The van der Waals surface area contributed by atoms with Crippen LogP contribution in [0.5, 0.6) is 0 Å². The summed E-state index contributed by atoms with van der Waals surface area (Å²) in [4.78, 5) is 1.44. The number of hydrogen-bond acceptors (Lipinski definition) is 2. The molecule has 2 rings (SSSR count). The Morgan fingerprint density at radius 2 is 2.05 bits per heavy atom. The van der Waals surface area contributed by atoms with Crippen LogP contribution in [0.3, 0.4) is 0 Å². The van der Waals surface area contributed by atoms with Crippen molar-refractivity contribution in [3.8, 4) is 0 Å². The van der Waals surface area contributed by atoms with Gasteiger partial charge in [0.05, 0.1) is 0 Å². The van der Waals surface area contributed by atoms with E-state index in [1.807, 2.05) is 11.8 Å². The number of hydrogen-bond donors (Lipinski definition) is 1. The maximum absolute atomic E-state index is 3.77. The van der Waals surface area contributed by atoms with Crippen molar-refractivity contribution in [2.75, 3.05) is 12.8 Å². The Balaban J connectivity index is 2.21. The zero-order valence-corrected chi connectivity index (χ0v) is 14.0. The molecule has 0 spiro atoms. The van der Waals surface area contributed by atoms with E-state index in [1.165, 1.54) is 42.6 Å². The predicted octanol–water partition coefficient (Wildman–Crippen LogP) is 5.28. The number of thioether (sulfide) groups is 1. The van der Waals surface area contributed by atoms with Gasteiger partial charge in [-0.3, -0.25) is 0 Å². The zero-order chi connectivity index (χ0) is 14.4. The highest BCUT2D eigenvalue weighted by Crippen LogP contribution is 2.40. The molecule has 112 valence electrons. The molecule has 1 saturated carbocycles. The third-order valence-corrected chi connectivity index (χ3v) is 5.58. The Morgan fingerprint density at radius 3 is 2.75 bits per heavy atom. The molecule has 3 atom stereocenters. The van der Waals surface area contributed by atoms with Crippen LogP contribution in [0.15, 0.2) is 29.2 Å². The second kappa shape index (κ2) is 8.09. The molecule has 0 aliphatic heterocycles. The SMILES string of the molecule is CCNC(c1ccccc1SC)C1CCCC(CC)C1. The Kier molecular flexibility index (Phi) is 6.44. The summed E-state index contributed by atoms with van der Waals surface area (Å²) in [5.41, 5.74) is 1.52. The third-order valence-electron chi connectivity index (χ3n) is 4.77. The first-order chi connectivity index (χ1) is 9.80.